The van der Waals surface area contributed by atoms with Crippen LogP contribution in [-0.4, -0.2) is 70.7 Å². The molecule has 0 aliphatic carbocycles. The standard InChI is InChI=1S/C23H34N2O4/c1-23(2,3)19-6-4-16(5-7-19)21(28)24-11-8-17(9-12-24)22(29)25-13-10-18(15-26)20(27)14-25/h4-7,17-18,20,26-27H,8-15H2,1-3H3/t18-,20+/m1/s1. The lowest BCUT2D eigenvalue weighted by atomic mass is 9.86. The van der Waals surface area contributed by atoms with Crippen LogP contribution in [0.3, 0.4) is 0 Å². The molecule has 2 aliphatic rings. The van der Waals surface area contributed by atoms with Crippen LogP contribution in [0.4, 0.5) is 0 Å². The van der Waals surface area contributed by atoms with Crippen molar-refractivity contribution in [1.82, 2.24) is 9.80 Å². The minimum Gasteiger partial charge on any atom is -0.396 e. The first kappa shape index (κ1) is 21.8. The van der Waals surface area contributed by atoms with Crippen LogP contribution in [0.15, 0.2) is 24.3 Å². The smallest absolute Gasteiger partial charge is 0.253 e. The third-order valence-electron chi connectivity index (χ3n) is 6.40. The molecule has 0 spiro atoms. The molecular formula is C23H34N2O4. The number of hydrogen-bond acceptors (Lipinski definition) is 4. The Morgan fingerprint density at radius 2 is 1.59 bits per heavy atom. The van der Waals surface area contributed by atoms with Crippen LogP contribution in [0.25, 0.3) is 0 Å². The number of hydrogen-bond donors (Lipinski definition) is 2. The highest BCUT2D eigenvalue weighted by molar-refractivity contribution is 5.94. The summed E-state index contributed by atoms with van der Waals surface area (Å²) in [4.78, 5) is 29.2. The molecular weight excluding hydrogens is 368 g/mol. The van der Waals surface area contributed by atoms with E-state index in [2.05, 4.69) is 20.8 Å². The number of carbonyl (C=O) groups is 2. The number of rotatable bonds is 3. The lowest BCUT2D eigenvalue weighted by Gasteiger charge is -2.39. The van der Waals surface area contributed by atoms with Crippen molar-refractivity contribution in [1.29, 1.82) is 0 Å². The van der Waals surface area contributed by atoms with Gasteiger partial charge < -0.3 is 20.0 Å². The topological polar surface area (TPSA) is 81.1 Å². The highest BCUT2D eigenvalue weighted by Gasteiger charge is 2.35. The minimum atomic E-state index is -0.657. The summed E-state index contributed by atoms with van der Waals surface area (Å²) in [6.07, 6.45) is 1.28. The average molecular weight is 403 g/mol. The van der Waals surface area contributed by atoms with Gasteiger partial charge in [0.1, 0.15) is 0 Å². The fourth-order valence-corrected chi connectivity index (χ4v) is 4.28. The molecule has 3 rings (SSSR count). The van der Waals surface area contributed by atoms with E-state index in [1.807, 2.05) is 29.2 Å². The first-order valence-electron chi connectivity index (χ1n) is 10.7. The molecule has 2 atom stereocenters. The second-order valence-corrected chi connectivity index (χ2v) is 9.48. The molecule has 160 valence electrons. The van der Waals surface area contributed by atoms with Gasteiger partial charge in [-0.15, -0.1) is 0 Å². The first-order valence-corrected chi connectivity index (χ1v) is 10.7. The van der Waals surface area contributed by atoms with E-state index in [9.17, 15) is 19.8 Å². The van der Waals surface area contributed by atoms with Gasteiger partial charge >= 0.3 is 0 Å². The zero-order valence-corrected chi connectivity index (χ0v) is 17.8. The third-order valence-corrected chi connectivity index (χ3v) is 6.40. The van der Waals surface area contributed by atoms with Gasteiger partial charge in [0.25, 0.3) is 5.91 Å². The summed E-state index contributed by atoms with van der Waals surface area (Å²) < 4.78 is 0. The number of piperidine rings is 2. The van der Waals surface area contributed by atoms with Crippen LogP contribution >= 0.6 is 0 Å². The van der Waals surface area contributed by atoms with Gasteiger partial charge in [0.2, 0.25) is 5.91 Å². The Bertz CT molecular complexity index is 717. The van der Waals surface area contributed by atoms with Crippen molar-refractivity contribution >= 4 is 11.8 Å². The molecule has 29 heavy (non-hydrogen) atoms. The maximum atomic E-state index is 12.8. The van der Waals surface area contributed by atoms with E-state index in [4.69, 9.17) is 0 Å². The highest BCUT2D eigenvalue weighted by atomic mass is 16.3. The fourth-order valence-electron chi connectivity index (χ4n) is 4.28. The van der Waals surface area contributed by atoms with Crippen molar-refractivity contribution in [2.45, 2.75) is 51.6 Å². The number of β-amino-alcohol motifs (C(OH)–C–C–N with tert-alkyl or cyclic N) is 1. The summed E-state index contributed by atoms with van der Waals surface area (Å²) in [5.41, 5.74) is 1.95. The second-order valence-electron chi connectivity index (χ2n) is 9.48. The van der Waals surface area contributed by atoms with E-state index >= 15 is 0 Å². The Labute approximate surface area is 173 Å². The predicted octanol–water partition coefficient (Wildman–Crippen LogP) is 2.04. The normalized spacial score (nSPS) is 23.9. The molecule has 6 heteroatoms. The summed E-state index contributed by atoms with van der Waals surface area (Å²) in [6.45, 7) is 8.44. The molecule has 0 unspecified atom stereocenters. The maximum absolute atomic E-state index is 12.8. The van der Waals surface area contributed by atoms with Gasteiger partial charge in [-0.3, -0.25) is 9.59 Å². The van der Waals surface area contributed by atoms with Gasteiger partial charge in [0, 0.05) is 50.2 Å². The van der Waals surface area contributed by atoms with Gasteiger partial charge in [-0.05, 0) is 42.4 Å². The largest absolute Gasteiger partial charge is 0.396 e. The molecule has 6 nitrogen and oxygen atoms in total. The van der Waals surface area contributed by atoms with Crippen molar-refractivity contribution in [2.75, 3.05) is 32.8 Å². The van der Waals surface area contributed by atoms with Gasteiger partial charge in [-0.1, -0.05) is 32.9 Å². The fraction of sp³-hybridized carbons (Fsp3) is 0.652. The van der Waals surface area contributed by atoms with Crippen molar-refractivity contribution in [3.63, 3.8) is 0 Å². The van der Waals surface area contributed by atoms with E-state index in [0.717, 1.165) is 0 Å². The summed E-state index contributed by atoms with van der Waals surface area (Å²) in [7, 11) is 0. The zero-order chi connectivity index (χ0) is 21.2. The Morgan fingerprint density at radius 3 is 2.10 bits per heavy atom. The van der Waals surface area contributed by atoms with Crippen LogP contribution in [0.2, 0.25) is 0 Å². The Morgan fingerprint density at radius 1 is 1.00 bits per heavy atom. The third kappa shape index (κ3) is 4.98. The number of carbonyl (C=O) groups excluding carboxylic acids is 2. The lowest BCUT2D eigenvalue weighted by molar-refractivity contribution is -0.142. The van der Waals surface area contributed by atoms with Crippen LogP contribution in [0, 0.1) is 11.8 Å². The van der Waals surface area contributed by atoms with Crippen LogP contribution in [0.1, 0.15) is 56.0 Å². The number of amides is 2. The monoisotopic (exact) mass is 402 g/mol. The van der Waals surface area contributed by atoms with E-state index < -0.39 is 6.10 Å². The molecule has 1 aromatic carbocycles. The summed E-state index contributed by atoms with van der Waals surface area (Å²) in [5.74, 6) is -0.138. The van der Waals surface area contributed by atoms with Gasteiger partial charge in [-0.2, -0.15) is 0 Å². The maximum Gasteiger partial charge on any atom is 0.253 e. The molecule has 2 amide bonds. The number of benzene rings is 1. The number of aliphatic hydroxyl groups is 2. The van der Waals surface area contributed by atoms with Gasteiger partial charge in [-0.25, -0.2) is 0 Å². The molecule has 0 aromatic heterocycles. The molecule has 2 saturated heterocycles. The highest BCUT2D eigenvalue weighted by Crippen LogP contribution is 2.26. The van der Waals surface area contributed by atoms with Crippen molar-refractivity contribution in [3.8, 4) is 0 Å². The van der Waals surface area contributed by atoms with Gasteiger partial charge in [0.15, 0.2) is 0 Å². The summed E-state index contributed by atoms with van der Waals surface area (Å²) in [5, 5.41) is 19.4. The van der Waals surface area contributed by atoms with E-state index in [1.165, 1.54) is 5.56 Å². The average Bonchev–Trinajstić information content (AvgIpc) is 2.72. The molecule has 0 radical (unpaired) electrons. The molecule has 2 heterocycles. The number of likely N-dealkylation sites (tertiary alicyclic amines) is 2. The molecule has 2 fully saturated rings. The zero-order valence-electron chi connectivity index (χ0n) is 17.8. The van der Waals surface area contributed by atoms with Crippen molar-refractivity contribution in [3.05, 3.63) is 35.4 Å². The second kappa shape index (κ2) is 8.84. The van der Waals surface area contributed by atoms with Gasteiger partial charge in [0.05, 0.1) is 6.10 Å². The quantitative estimate of drug-likeness (QED) is 0.811. The van der Waals surface area contributed by atoms with E-state index in [0.29, 0.717) is 51.0 Å². The SMILES string of the molecule is CC(C)(C)c1ccc(C(=O)N2CCC(C(=O)N3CC[C@H](CO)[C@@H](O)C3)CC2)cc1. The van der Waals surface area contributed by atoms with E-state index in [-0.39, 0.29) is 35.7 Å². The Kier molecular flexibility index (Phi) is 6.64. The van der Waals surface area contributed by atoms with Crippen LogP contribution < -0.4 is 0 Å². The summed E-state index contributed by atoms with van der Waals surface area (Å²) >= 11 is 0. The molecule has 0 bridgehead atoms. The first-order chi connectivity index (χ1) is 13.7. The molecule has 0 saturated carbocycles. The number of aliphatic hydroxyl groups excluding tert-OH is 2. The Balaban J connectivity index is 1.53. The molecule has 2 N–H and O–H groups in total. The molecule has 1 aromatic rings. The van der Waals surface area contributed by atoms with Crippen molar-refractivity contribution < 1.29 is 19.8 Å². The van der Waals surface area contributed by atoms with Crippen LogP contribution in [-0.2, 0) is 10.2 Å². The van der Waals surface area contributed by atoms with Crippen LogP contribution in [0.5, 0.6) is 0 Å². The lowest BCUT2D eigenvalue weighted by Crippen LogP contribution is -2.51. The van der Waals surface area contributed by atoms with E-state index in [1.54, 1.807) is 4.90 Å². The minimum absolute atomic E-state index is 0.0236. The summed E-state index contributed by atoms with van der Waals surface area (Å²) in [6, 6.07) is 7.83. The predicted molar refractivity (Wildman–Crippen MR) is 112 cm³/mol. The van der Waals surface area contributed by atoms with Crippen molar-refractivity contribution in [2.24, 2.45) is 11.8 Å². The Hall–Kier alpha value is -1.92. The number of nitrogens with zero attached hydrogens (tertiary/aromatic N) is 2. The molecule has 2 aliphatic heterocycles.